The van der Waals surface area contributed by atoms with Crippen LogP contribution in [0.25, 0.3) is 0 Å². The van der Waals surface area contributed by atoms with E-state index in [0.29, 0.717) is 18.5 Å². The van der Waals surface area contributed by atoms with Crippen LogP contribution < -0.4 is 4.31 Å². The summed E-state index contributed by atoms with van der Waals surface area (Å²) in [5, 5.41) is 8.85. The molecule has 1 aliphatic heterocycles. The smallest absolute Gasteiger partial charge is 0.323 e. The van der Waals surface area contributed by atoms with Crippen molar-refractivity contribution in [1.82, 2.24) is 14.7 Å². The van der Waals surface area contributed by atoms with Gasteiger partial charge in [-0.3, -0.25) is 23.6 Å². The van der Waals surface area contributed by atoms with Crippen LogP contribution >= 0.6 is 0 Å². The summed E-state index contributed by atoms with van der Waals surface area (Å²) in [6.07, 6.45) is 2.13. The normalized spacial score (nSPS) is 15.4. The van der Waals surface area contributed by atoms with Gasteiger partial charge in [-0.15, -0.1) is 0 Å². The quantitative estimate of drug-likeness (QED) is 0.556. The Hall–Kier alpha value is -2.30. The number of nitrogens with zero attached hydrogens (tertiary/aromatic N) is 4. The average molecular weight is 455 g/mol. The van der Waals surface area contributed by atoms with E-state index in [-0.39, 0.29) is 11.1 Å². The van der Waals surface area contributed by atoms with Crippen molar-refractivity contribution in [2.24, 2.45) is 0 Å². The third kappa shape index (κ3) is 8.04. The summed E-state index contributed by atoms with van der Waals surface area (Å²) in [7, 11) is 2.15. The lowest BCUT2D eigenvalue weighted by Crippen LogP contribution is -2.47. The van der Waals surface area contributed by atoms with Crippen LogP contribution in [-0.2, 0) is 15.8 Å². The zero-order chi connectivity index (χ0) is 23.6. The summed E-state index contributed by atoms with van der Waals surface area (Å²) in [5.41, 5.74) is 0.840. The molecule has 10 heteroatoms. The molecule has 0 spiro atoms. The number of anilines is 1. The maximum absolute atomic E-state index is 12.5. The van der Waals surface area contributed by atoms with Crippen LogP contribution in [0.15, 0.2) is 18.2 Å². The van der Waals surface area contributed by atoms with E-state index in [1.807, 2.05) is 13.8 Å². The first-order valence-corrected chi connectivity index (χ1v) is 11.8. The molecule has 1 N–H and O–H groups in total. The largest absolute Gasteiger partial charge is 0.480 e. The first kappa shape index (κ1) is 26.7. The molecule has 0 bridgehead atoms. The lowest BCUT2D eigenvalue weighted by Gasteiger charge is -2.34. The lowest BCUT2D eigenvalue weighted by molar-refractivity contribution is -0.137. The third-order valence-electron chi connectivity index (χ3n) is 4.93. The van der Waals surface area contributed by atoms with Crippen LogP contribution in [0, 0.1) is 0 Å². The second-order valence-corrected chi connectivity index (χ2v) is 8.40. The van der Waals surface area contributed by atoms with E-state index in [4.69, 9.17) is 5.11 Å². The van der Waals surface area contributed by atoms with Gasteiger partial charge >= 0.3 is 5.97 Å². The van der Waals surface area contributed by atoms with E-state index in [2.05, 4.69) is 16.8 Å². The highest BCUT2D eigenvalue weighted by Crippen LogP contribution is 2.21. The zero-order valence-electron chi connectivity index (χ0n) is 19.0. The number of piperazine rings is 1. The van der Waals surface area contributed by atoms with E-state index >= 15 is 0 Å². The SMILES string of the molecule is CC.CN1CCN(CCN(c2ccc(C(=O)N(C)CC(=O)O)c(C=O)c2)S(C)=O)CC1. The number of rotatable bonds is 9. The number of hydrogen-bond acceptors (Lipinski definition) is 6. The Morgan fingerprint density at radius 2 is 1.81 bits per heavy atom. The van der Waals surface area contributed by atoms with Gasteiger partial charge in [0.05, 0.1) is 11.3 Å². The van der Waals surface area contributed by atoms with Crippen LogP contribution in [0.2, 0.25) is 0 Å². The standard InChI is InChI=1S/C19H28N4O5S.C2H6/c1-20-6-8-22(9-7-20)10-11-23(29(3)28)16-4-5-17(15(12-16)14-24)19(27)21(2)13-18(25)26;1-2/h4-5,12,14H,6-11,13H2,1-3H3,(H,25,26);1-2H3. The lowest BCUT2D eigenvalue weighted by atomic mass is 10.1. The third-order valence-corrected chi connectivity index (χ3v) is 5.94. The average Bonchev–Trinajstić information content (AvgIpc) is 2.75. The summed E-state index contributed by atoms with van der Waals surface area (Å²) in [5.74, 6) is -1.69. The molecule has 1 amide bonds. The van der Waals surface area contributed by atoms with Gasteiger partial charge in [-0.05, 0) is 25.2 Å². The number of amides is 1. The summed E-state index contributed by atoms with van der Waals surface area (Å²) < 4.78 is 14.0. The molecule has 1 aromatic carbocycles. The van der Waals surface area contributed by atoms with E-state index in [0.717, 1.165) is 37.6 Å². The number of carbonyl (C=O) groups excluding carboxylic acids is 2. The summed E-state index contributed by atoms with van der Waals surface area (Å²) in [4.78, 5) is 40.4. The van der Waals surface area contributed by atoms with Gasteiger partial charge < -0.3 is 14.9 Å². The van der Waals surface area contributed by atoms with E-state index < -0.39 is 29.4 Å². The topological polar surface area (TPSA) is 101 Å². The van der Waals surface area contributed by atoms with Crippen molar-refractivity contribution in [3.05, 3.63) is 29.3 Å². The molecular weight excluding hydrogens is 420 g/mol. The van der Waals surface area contributed by atoms with Crippen LogP contribution in [0.1, 0.15) is 34.6 Å². The minimum Gasteiger partial charge on any atom is -0.480 e. The highest BCUT2D eigenvalue weighted by atomic mass is 32.2. The van der Waals surface area contributed by atoms with Crippen molar-refractivity contribution in [3.63, 3.8) is 0 Å². The van der Waals surface area contributed by atoms with Crippen LogP contribution in [0.3, 0.4) is 0 Å². The molecule has 0 aromatic heterocycles. The van der Waals surface area contributed by atoms with Crippen molar-refractivity contribution in [2.75, 3.05) is 70.5 Å². The molecular formula is C21H34N4O5S. The number of aldehydes is 1. The maximum Gasteiger partial charge on any atom is 0.323 e. The Morgan fingerprint density at radius 1 is 1.19 bits per heavy atom. The van der Waals surface area contributed by atoms with Gasteiger partial charge in [-0.25, -0.2) is 4.21 Å². The maximum atomic E-state index is 12.5. The Balaban J connectivity index is 0.00000233. The number of hydrogen-bond donors (Lipinski definition) is 1. The molecule has 1 atom stereocenters. The van der Waals surface area contributed by atoms with Gasteiger partial charge in [-0.2, -0.15) is 0 Å². The van der Waals surface area contributed by atoms with Gasteiger partial charge in [0, 0.05) is 58.1 Å². The van der Waals surface area contributed by atoms with E-state index in [1.165, 1.54) is 19.2 Å². The van der Waals surface area contributed by atoms with Crippen LogP contribution in [-0.4, -0.2) is 108 Å². The number of carboxylic acid groups (broad SMARTS) is 1. The molecule has 1 unspecified atom stereocenters. The molecule has 1 fully saturated rings. The fraction of sp³-hybridized carbons (Fsp3) is 0.571. The predicted octanol–water partition coefficient (Wildman–Crippen LogP) is 1.03. The highest BCUT2D eigenvalue weighted by Gasteiger charge is 2.21. The first-order chi connectivity index (χ1) is 14.7. The van der Waals surface area contributed by atoms with Gasteiger partial charge in [0.25, 0.3) is 5.91 Å². The molecule has 0 saturated carbocycles. The second kappa shape index (κ2) is 13.2. The van der Waals surface area contributed by atoms with Crippen LogP contribution in [0.5, 0.6) is 0 Å². The Kier molecular flexibility index (Phi) is 11.4. The van der Waals surface area contributed by atoms with E-state index in [1.54, 1.807) is 16.6 Å². The van der Waals surface area contributed by atoms with Gasteiger partial charge in [-0.1, -0.05) is 13.8 Å². The van der Waals surface area contributed by atoms with Crippen molar-refractivity contribution in [1.29, 1.82) is 0 Å². The molecule has 2 rings (SSSR count). The van der Waals surface area contributed by atoms with Gasteiger partial charge in [0.15, 0.2) is 6.29 Å². The monoisotopic (exact) mass is 454 g/mol. The molecule has 1 aromatic rings. The molecule has 1 heterocycles. The van der Waals surface area contributed by atoms with Crippen molar-refractivity contribution in [2.45, 2.75) is 13.8 Å². The molecule has 31 heavy (non-hydrogen) atoms. The number of benzene rings is 1. The Bertz CT molecular complexity index is 781. The van der Waals surface area contributed by atoms with Crippen LogP contribution in [0.4, 0.5) is 5.69 Å². The highest BCUT2D eigenvalue weighted by molar-refractivity contribution is 7.85. The van der Waals surface area contributed by atoms with Crippen molar-refractivity contribution in [3.8, 4) is 0 Å². The predicted molar refractivity (Wildman–Crippen MR) is 123 cm³/mol. The van der Waals surface area contributed by atoms with Gasteiger partial charge in [0.1, 0.15) is 17.5 Å². The molecule has 174 valence electrons. The summed E-state index contributed by atoms with van der Waals surface area (Å²) in [6.45, 7) is 8.68. The fourth-order valence-electron chi connectivity index (χ4n) is 3.19. The molecule has 1 aliphatic rings. The number of aliphatic carboxylic acids is 1. The number of likely N-dealkylation sites (N-methyl/N-ethyl adjacent to an activating group) is 2. The minimum absolute atomic E-state index is 0.119. The number of carboxylic acids is 1. The fourth-order valence-corrected chi connectivity index (χ4v) is 3.94. The Morgan fingerprint density at radius 3 is 2.32 bits per heavy atom. The number of carbonyl (C=O) groups is 3. The molecule has 0 aliphatic carbocycles. The summed E-state index contributed by atoms with van der Waals surface area (Å²) in [6, 6.07) is 4.65. The second-order valence-electron chi connectivity index (χ2n) is 7.12. The van der Waals surface area contributed by atoms with Crippen molar-refractivity contribution < 1.29 is 23.7 Å². The Labute approximate surface area is 187 Å². The minimum atomic E-state index is -1.30. The van der Waals surface area contributed by atoms with Crippen molar-refractivity contribution >= 4 is 34.8 Å². The van der Waals surface area contributed by atoms with Gasteiger partial charge in [0.2, 0.25) is 0 Å². The zero-order valence-corrected chi connectivity index (χ0v) is 19.9. The van der Waals surface area contributed by atoms with E-state index in [9.17, 15) is 18.6 Å². The molecule has 1 saturated heterocycles. The summed E-state index contributed by atoms with van der Waals surface area (Å²) >= 11 is 0. The molecule has 9 nitrogen and oxygen atoms in total. The first-order valence-electron chi connectivity index (χ1n) is 10.3. The molecule has 0 radical (unpaired) electrons.